The number of hydrogen-bond acceptors (Lipinski definition) is 3. The quantitative estimate of drug-likeness (QED) is 0.848. The zero-order valence-electron chi connectivity index (χ0n) is 12.3. The van der Waals surface area contributed by atoms with Crippen LogP contribution in [0.15, 0.2) is 18.2 Å². The number of aliphatic hydroxyl groups excluding tert-OH is 1. The van der Waals surface area contributed by atoms with Crippen molar-refractivity contribution in [1.29, 1.82) is 0 Å². The van der Waals surface area contributed by atoms with Gasteiger partial charge in [-0.2, -0.15) is 0 Å². The van der Waals surface area contributed by atoms with Crippen molar-refractivity contribution >= 4 is 17.5 Å². The van der Waals surface area contributed by atoms with E-state index in [9.17, 15) is 9.90 Å². The number of halogens is 1. The van der Waals surface area contributed by atoms with E-state index in [-0.39, 0.29) is 12.0 Å². The van der Waals surface area contributed by atoms with Crippen LogP contribution in [0, 0.1) is 0 Å². The highest BCUT2D eigenvalue weighted by molar-refractivity contribution is 6.31. The summed E-state index contributed by atoms with van der Waals surface area (Å²) in [6, 6.07) is 5.12. The molecule has 5 heteroatoms. The van der Waals surface area contributed by atoms with Crippen LogP contribution >= 0.6 is 11.6 Å². The Labute approximate surface area is 130 Å². The zero-order valence-corrected chi connectivity index (χ0v) is 13.0. The lowest BCUT2D eigenvalue weighted by molar-refractivity contribution is 0.0938. The summed E-state index contributed by atoms with van der Waals surface area (Å²) in [4.78, 5) is 12.2. The molecule has 0 saturated heterocycles. The third kappa shape index (κ3) is 4.90. The predicted molar refractivity (Wildman–Crippen MR) is 83.0 cm³/mol. The van der Waals surface area contributed by atoms with E-state index >= 15 is 0 Å². The first kappa shape index (κ1) is 16.1. The van der Waals surface area contributed by atoms with Crippen molar-refractivity contribution in [3.05, 3.63) is 28.8 Å². The number of benzene rings is 1. The highest BCUT2D eigenvalue weighted by Gasteiger charge is 2.20. The third-order valence-electron chi connectivity index (χ3n) is 3.63. The monoisotopic (exact) mass is 311 g/mol. The average Bonchev–Trinajstić information content (AvgIpc) is 2.93. The van der Waals surface area contributed by atoms with Crippen LogP contribution in [-0.2, 0) is 0 Å². The van der Waals surface area contributed by atoms with E-state index in [0.29, 0.717) is 29.3 Å². The van der Waals surface area contributed by atoms with Crippen molar-refractivity contribution in [2.24, 2.45) is 0 Å². The highest BCUT2D eigenvalue weighted by atomic mass is 35.5. The largest absolute Gasteiger partial charge is 0.490 e. The Balaban J connectivity index is 2.04. The van der Waals surface area contributed by atoms with Gasteiger partial charge < -0.3 is 15.2 Å². The number of nitrogens with one attached hydrogen (secondary N) is 1. The summed E-state index contributed by atoms with van der Waals surface area (Å²) in [6.07, 6.45) is 4.69. The minimum absolute atomic E-state index is 0.190. The van der Waals surface area contributed by atoms with Gasteiger partial charge in [0.05, 0.1) is 17.8 Å². The van der Waals surface area contributed by atoms with Gasteiger partial charge in [0, 0.05) is 11.6 Å². The van der Waals surface area contributed by atoms with E-state index in [2.05, 4.69) is 5.32 Å². The van der Waals surface area contributed by atoms with Crippen molar-refractivity contribution in [2.45, 2.75) is 51.2 Å². The molecule has 0 aliphatic heterocycles. The molecular formula is C16H22ClNO3. The highest BCUT2D eigenvalue weighted by Crippen LogP contribution is 2.28. The SMILES string of the molecule is CC(O)CCNC(=O)c1cc(Cl)ccc1OC1CCCC1. The Morgan fingerprint density at radius 3 is 2.86 bits per heavy atom. The standard InChI is InChI=1S/C16H22ClNO3/c1-11(19)8-9-18-16(20)14-10-12(17)6-7-15(14)21-13-4-2-3-5-13/h6-7,10-11,13,19H,2-5,8-9H2,1H3,(H,18,20). The molecule has 1 aliphatic carbocycles. The summed E-state index contributed by atoms with van der Waals surface area (Å²) in [7, 11) is 0. The number of aliphatic hydroxyl groups is 1. The Morgan fingerprint density at radius 2 is 2.19 bits per heavy atom. The first-order valence-corrected chi connectivity index (χ1v) is 7.86. The summed E-state index contributed by atoms with van der Waals surface area (Å²) in [5, 5.41) is 12.5. The Kier molecular flexibility index (Phi) is 5.88. The van der Waals surface area contributed by atoms with E-state index in [1.807, 2.05) is 0 Å². The van der Waals surface area contributed by atoms with Crippen LogP contribution in [0.3, 0.4) is 0 Å². The summed E-state index contributed by atoms with van der Waals surface area (Å²) in [5.41, 5.74) is 0.458. The van der Waals surface area contributed by atoms with E-state index in [1.165, 1.54) is 12.8 Å². The molecule has 116 valence electrons. The fraction of sp³-hybridized carbons (Fsp3) is 0.562. The van der Waals surface area contributed by atoms with Crippen LogP contribution in [0.2, 0.25) is 5.02 Å². The Bertz CT molecular complexity index is 484. The number of rotatable bonds is 6. The van der Waals surface area contributed by atoms with Gasteiger partial charge in [0.15, 0.2) is 0 Å². The number of ether oxygens (including phenoxy) is 1. The first-order chi connectivity index (χ1) is 10.1. The minimum Gasteiger partial charge on any atom is -0.490 e. The van der Waals surface area contributed by atoms with Crippen LogP contribution < -0.4 is 10.1 Å². The Morgan fingerprint density at radius 1 is 1.48 bits per heavy atom. The maximum absolute atomic E-state index is 12.2. The lowest BCUT2D eigenvalue weighted by Crippen LogP contribution is -2.27. The molecule has 1 aromatic rings. The molecule has 1 atom stereocenters. The molecule has 0 spiro atoms. The molecule has 1 amide bonds. The molecule has 2 rings (SSSR count). The van der Waals surface area contributed by atoms with Gasteiger partial charge in [-0.25, -0.2) is 0 Å². The number of carbonyl (C=O) groups excluding carboxylic acids is 1. The van der Waals surface area contributed by atoms with E-state index in [4.69, 9.17) is 16.3 Å². The molecule has 2 N–H and O–H groups in total. The maximum atomic E-state index is 12.2. The van der Waals surface area contributed by atoms with E-state index in [0.717, 1.165) is 12.8 Å². The molecule has 21 heavy (non-hydrogen) atoms. The summed E-state index contributed by atoms with van der Waals surface area (Å²) in [5.74, 6) is 0.368. The van der Waals surface area contributed by atoms with Gasteiger partial charge in [-0.15, -0.1) is 0 Å². The van der Waals surface area contributed by atoms with Crippen molar-refractivity contribution in [1.82, 2.24) is 5.32 Å². The summed E-state index contributed by atoms with van der Waals surface area (Å²) in [6.45, 7) is 2.12. The number of amides is 1. The molecule has 0 radical (unpaired) electrons. The normalized spacial score (nSPS) is 16.7. The maximum Gasteiger partial charge on any atom is 0.255 e. The third-order valence-corrected chi connectivity index (χ3v) is 3.86. The predicted octanol–water partition coefficient (Wildman–Crippen LogP) is 3.16. The molecule has 0 heterocycles. The van der Waals surface area contributed by atoms with Crippen LogP contribution in [0.1, 0.15) is 49.4 Å². The van der Waals surface area contributed by atoms with Crippen molar-refractivity contribution in [2.75, 3.05) is 6.54 Å². The molecule has 1 fully saturated rings. The average molecular weight is 312 g/mol. The topological polar surface area (TPSA) is 58.6 Å². The molecule has 0 aromatic heterocycles. The summed E-state index contributed by atoms with van der Waals surface area (Å²) >= 11 is 5.99. The second-order valence-corrected chi connectivity index (χ2v) is 5.99. The number of carbonyl (C=O) groups is 1. The molecule has 1 aliphatic rings. The van der Waals surface area contributed by atoms with Crippen LogP contribution in [-0.4, -0.2) is 29.8 Å². The second kappa shape index (κ2) is 7.66. The first-order valence-electron chi connectivity index (χ1n) is 7.48. The minimum atomic E-state index is -0.432. The second-order valence-electron chi connectivity index (χ2n) is 5.56. The lowest BCUT2D eigenvalue weighted by atomic mass is 10.1. The van der Waals surface area contributed by atoms with E-state index < -0.39 is 6.10 Å². The van der Waals surface area contributed by atoms with Crippen molar-refractivity contribution in [3.8, 4) is 5.75 Å². The zero-order chi connectivity index (χ0) is 15.2. The Hall–Kier alpha value is -1.26. The van der Waals surface area contributed by atoms with Crippen molar-refractivity contribution < 1.29 is 14.6 Å². The molecule has 1 unspecified atom stereocenters. The van der Waals surface area contributed by atoms with Gasteiger partial charge in [0.2, 0.25) is 0 Å². The fourth-order valence-corrected chi connectivity index (χ4v) is 2.63. The fourth-order valence-electron chi connectivity index (χ4n) is 2.46. The van der Waals surface area contributed by atoms with Crippen molar-refractivity contribution in [3.63, 3.8) is 0 Å². The number of hydrogen-bond donors (Lipinski definition) is 2. The van der Waals surface area contributed by atoms with Gasteiger partial charge in [-0.3, -0.25) is 4.79 Å². The summed E-state index contributed by atoms with van der Waals surface area (Å²) < 4.78 is 5.94. The molecule has 1 saturated carbocycles. The van der Waals surface area contributed by atoms with Gasteiger partial charge in [-0.05, 0) is 57.2 Å². The molecule has 1 aromatic carbocycles. The van der Waals surface area contributed by atoms with Gasteiger partial charge in [0.1, 0.15) is 5.75 Å². The van der Waals surface area contributed by atoms with Gasteiger partial charge >= 0.3 is 0 Å². The van der Waals surface area contributed by atoms with Gasteiger partial charge in [0.25, 0.3) is 5.91 Å². The smallest absolute Gasteiger partial charge is 0.255 e. The van der Waals surface area contributed by atoms with Crippen LogP contribution in [0.4, 0.5) is 0 Å². The van der Waals surface area contributed by atoms with E-state index in [1.54, 1.807) is 25.1 Å². The molecule has 4 nitrogen and oxygen atoms in total. The van der Waals surface area contributed by atoms with Crippen LogP contribution in [0.25, 0.3) is 0 Å². The molecule has 0 bridgehead atoms. The molecular weight excluding hydrogens is 290 g/mol. The van der Waals surface area contributed by atoms with Gasteiger partial charge in [-0.1, -0.05) is 11.6 Å². The van der Waals surface area contributed by atoms with Crippen LogP contribution in [0.5, 0.6) is 5.75 Å². The lowest BCUT2D eigenvalue weighted by Gasteiger charge is -2.16.